The summed E-state index contributed by atoms with van der Waals surface area (Å²) in [6, 6.07) is 18.4. The summed E-state index contributed by atoms with van der Waals surface area (Å²) in [7, 11) is 0. The summed E-state index contributed by atoms with van der Waals surface area (Å²) in [6.45, 7) is 1.65. The first-order valence-electron chi connectivity index (χ1n) is 7.01. The number of rotatable bonds is 4. The van der Waals surface area contributed by atoms with Crippen molar-refractivity contribution in [2.75, 3.05) is 16.8 Å². The standard InChI is InChI=1S/C17H18N2O/c20-17-7-4-12-19(17)16-10-8-15(9-11-16)18-13-14-5-2-1-3-6-14/h1-3,5-6,8-11,18H,4,7,12-13H2. The number of benzene rings is 2. The lowest BCUT2D eigenvalue weighted by molar-refractivity contribution is -0.117. The van der Waals surface area contributed by atoms with Crippen molar-refractivity contribution >= 4 is 17.3 Å². The van der Waals surface area contributed by atoms with Crippen molar-refractivity contribution in [2.45, 2.75) is 19.4 Å². The zero-order valence-corrected chi connectivity index (χ0v) is 11.4. The van der Waals surface area contributed by atoms with E-state index in [4.69, 9.17) is 0 Å². The van der Waals surface area contributed by atoms with Crippen molar-refractivity contribution in [1.29, 1.82) is 0 Å². The maximum absolute atomic E-state index is 11.7. The molecule has 0 spiro atoms. The van der Waals surface area contributed by atoms with Crippen LogP contribution < -0.4 is 10.2 Å². The topological polar surface area (TPSA) is 32.3 Å². The van der Waals surface area contributed by atoms with Crippen molar-refractivity contribution in [2.24, 2.45) is 0 Å². The molecule has 2 aromatic carbocycles. The molecule has 1 heterocycles. The van der Waals surface area contributed by atoms with Crippen molar-refractivity contribution in [3.05, 3.63) is 60.2 Å². The van der Waals surface area contributed by atoms with E-state index < -0.39 is 0 Å². The maximum Gasteiger partial charge on any atom is 0.227 e. The fraction of sp³-hybridized carbons (Fsp3) is 0.235. The third-order valence-corrected chi connectivity index (χ3v) is 3.59. The summed E-state index contributed by atoms with van der Waals surface area (Å²) in [5.41, 5.74) is 3.33. The highest BCUT2D eigenvalue weighted by Crippen LogP contribution is 2.23. The lowest BCUT2D eigenvalue weighted by Crippen LogP contribution is -2.23. The number of amides is 1. The van der Waals surface area contributed by atoms with E-state index in [0.717, 1.165) is 30.9 Å². The molecule has 3 rings (SSSR count). The minimum absolute atomic E-state index is 0.231. The molecule has 3 heteroatoms. The quantitative estimate of drug-likeness (QED) is 0.919. The molecule has 1 saturated heterocycles. The molecule has 0 aliphatic carbocycles. The Hall–Kier alpha value is -2.29. The molecule has 1 N–H and O–H groups in total. The van der Waals surface area contributed by atoms with E-state index >= 15 is 0 Å². The van der Waals surface area contributed by atoms with Crippen molar-refractivity contribution < 1.29 is 4.79 Å². The van der Waals surface area contributed by atoms with Gasteiger partial charge in [-0.25, -0.2) is 0 Å². The number of carbonyl (C=O) groups excluding carboxylic acids is 1. The normalized spacial score (nSPS) is 14.6. The molecule has 0 radical (unpaired) electrons. The highest BCUT2D eigenvalue weighted by Gasteiger charge is 2.21. The van der Waals surface area contributed by atoms with Crippen molar-refractivity contribution in [3.8, 4) is 0 Å². The van der Waals surface area contributed by atoms with Gasteiger partial charge in [0.05, 0.1) is 0 Å². The van der Waals surface area contributed by atoms with Gasteiger partial charge in [0, 0.05) is 30.9 Å². The van der Waals surface area contributed by atoms with E-state index in [1.807, 2.05) is 47.4 Å². The van der Waals surface area contributed by atoms with E-state index in [2.05, 4.69) is 17.4 Å². The van der Waals surface area contributed by atoms with Crippen LogP contribution in [0.4, 0.5) is 11.4 Å². The van der Waals surface area contributed by atoms with E-state index in [1.54, 1.807) is 0 Å². The third-order valence-electron chi connectivity index (χ3n) is 3.59. The highest BCUT2D eigenvalue weighted by atomic mass is 16.2. The van der Waals surface area contributed by atoms with Crippen molar-refractivity contribution in [1.82, 2.24) is 0 Å². The lowest BCUT2D eigenvalue weighted by atomic mass is 10.2. The molecule has 20 heavy (non-hydrogen) atoms. The Morgan fingerprint density at radius 3 is 2.40 bits per heavy atom. The Morgan fingerprint density at radius 2 is 1.75 bits per heavy atom. The van der Waals surface area contributed by atoms with Gasteiger partial charge in [-0.05, 0) is 36.2 Å². The zero-order valence-electron chi connectivity index (χ0n) is 11.4. The Bertz CT molecular complexity index is 578. The molecule has 1 aliphatic rings. The van der Waals surface area contributed by atoms with Gasteiger partial charge in [0.25, 0.3) is 0 Å². The summed E-state index contributed by atoms with van der Waals surface area (Å²) in [4.78, 5) is 13.5. The second-order valence-corrected chi connectivity index (χ2v) is 5.03. The van der Waals surface area contributed by atoms with Gasteiger partial charge in [-0.3, -0.25) is 4.79 Å². The summed E-state index contributed by atoms with van der Waals surface area (Å²) in [5, 5.41) is 3.39. The number of hydrogen-bond acceptors (Lipinski definition) is 2. The van der Waals surface area contributed by atoms with Crippen LogP contribution in [0.15, 0.2) is 54.6 Å². The van der Waals surface area contributed by atoms with Gasteiger partial charge in [-0.15, -0.1) is 0 Å². The van der Waals surface area contributed by atoms with Gasteiger partial charge >= 0.3 is 0 Å². The average Bonchev–Trinajstić information content (AvgIpc) is 2.93. The summed E-state index contributed by atoms with van der Waals surface area (Å²) in [6.07, 6.45) is 1.64. The summed E-state index contributed by atoms with van der Waals surface area (Å²) >= 11 is 0. The van der Waals surface area contributed by atoms with Crippen molar-refractivity contribution in [3.63, 3.8) is 0 Å². The Kier molecular flexibility index (Phi) is 3.68. The Morgan fingerprint density at radius 1 is 1.00 bits per heavy atom. The smallest absolute Gasteiger partial charge is 0.227 e. The van der Waals surface area contributed by atoms with Crippen LogP contribution in [0.5, 0.6) is 0 Å². The van der Waals surface area contributed by atoms with Crippen LogP contribution in [0.1, 0.15) is 18.4 Å². The number of nitrogens with zero attached hydrogens (tertiary/aromatic N) is 1. The van der Waals surface area contributed by atoms with Gasteiger partial charge in [0.15, 0.2) is 0 Å². The largest absolute Gasteiger partial charge is 0.381 e. The maximum atomic E-state index is 11.7. The lowest BCUT2D eigenvalue weighted by Gasteiger charge is -2.16. The molecular weight excluding hydrogens is 248 g/mol. The molecule has 0 aromatic heterocycles. The zero-order chi connectivity index (χ0) is 13.8. The van der Waals surface area contributed by atoms with E-state index in [9.17, 15) is 4.79 Å². The third kappa shape index (κ3) is 2.82. The molecule has 0 saturated carbocycles. The molecule has 0 atom stereocenters. The van der Waals surface area contributed by atoms with E-state index in [0.29, 0.717) is 6.42 Å². The van der Waals surface area contributed by atoms with Crippen LogP contribution in [-0.2, 0) is 11.3 Å². The molecule has 1 aliphatic heterocycles. The monoisotopic (exact) mass is 266 g/mol. The first-order valence-corrected chi connectivity index (χ1v) is 7.01. The second-order valence-electron chi connectivity index (χ2n) is 5.03. The number of anilines is 2. The minimum atomic E-state index is 0.231. The average molecular weight is 266 g/mol. The van der Waals surface area contributed by atoms with Gasteiger partial charge in [-0.2, -0.15) is 0 Å². The minimum Gasteiger partial charge on any atom is -0.381 e. The summed E-state index contributed by atoms with van der Waals surface area (Å²) in [5.74, 6) is 0.231. The fourth-order valence-electron chi connectivity index (χ4n) is 2.48. The van der Waals surface area contributed by atoms with Crippen LogP contribution in [0.3, 0.4) is 0 Å². The Labute approximate surface area is 119 Å². The molecule has 0 unspecified atom stereocenters. The van der Waals surface area contributed by atoms with Crippen LogP contribution in [0, 0.1) is 0 Å². The SMILES string of the molecule is O=C1CCCN1c1ccc(NCc2ccccc2)cc1. The van der Waals surface area contributed by atoms with Gasteiger partial charge in [0.2, 0.25) is 5.91 Å². The first-order chi connectivity index (χ1) is 9.83. The van der Waals surface area contributed by atoms with E-state index in [1.165, 1.54) is 5.56 Å². The molecule has 102 valence electrons. The van der Waals surface area contributed by atoms with Crippen LogP contribution in [0.2, 0.25) is 0 Å². The first kappa shape index (κ1) is 12.7. The molecule has 0 bridgehead atoms. The summed E-state index contributed by atoms with van der Waals surface area (Å²) < 4.78 is 0. The Balaban J connectivity index is 1.63. The van der Waals surface area contributed by atoms with Crippen LogP contribution >= 0.6 is 0 Å². The predicted molar refractivity (Wildman–Crippen MR) is 81.8 cm³/mol. The van der Waals surface area contributed by atoms with Crippen LogP contribution in [-0.4, -0.2) is 12.5 Å². The van der Waals surface area contributed by atoms with Crippen LogP contribution in [0.25, 0.3) is 0 Å². The van der Waals surface area contributed by atoms with Gasteiger partial charge in [0.1, 0.15) is 0 Å². The number of carbonyl (C=O) groups is 1. The number of hydrogen-bond donors (Lipinski definition) is 1. The van der Waals surface area contributed by atoms with Gasteiger partial charge in [-0.1, -0.05) is 30.3 Å². The molecule has 1 fully saturated rings. The molecule has 3 nitrogen and oxygen atoms in total. The fourth-order valence-corrected chi connectivity index (χ4v) is 2.48. The van der Waals surface area contributed by atoms with E-state index in [-0.39, 0.29) is 5.91 Å². The van der Waals surface area contributed by atoms with Gasteiger partial charge < -0.3 is 10.2 Å². The highest BCUT2D eigenvalue weighted by molar-refractivity contribution is 5.95. The second kappa shape index (κ2) is 5.78. The molecule has 2 aromatic rings. The molecule has 1 amide bonds. The molecular formula is C17H18N2O. The predicted octanol–water partition coefficient (Wildman–Crippen LogP) is 3.43. The number of nitrogens with one attached hydrogen (secondary N) is 1.